The molecule has 1 saturated carbocycles. The van der Waals surface area contributed by atoms with E-state index in [0.29, 0.717) is 24.5 Å². The van der Waals surface area contributed by atoms with Crippen LogP contribution in [0.25, 0.3) is 0 Å². The van der Waals surface area contributed by atoms with Crippen LogP contribution in [0.2, 0.25) is 0 Å². The molecule has 0 aliphatic heterocycles. The van der Waals surface area contributed by atoms with E-state index in [1.807, 2.05) is 6.92 Å². The zero-order valence-electron chi connectivity index (χ0n) is 11.0. The van der Waals surface area contributed by atoms with Crippen molar-refractivity contribution in [3.05, 3.63) is 28.3 Å². The number of nitro groups is 1. The first-order valence-corrected chi connectivity index (χ1v) is 6.48. The summed E-state index contributed by atoms with van der Waals surface area (Å²) >= 11 is 0. The third-order valence-corrected chi connectivity index (χ3v) is 3.53. The van der Waals surface area contributed by atoms with Gasteiger partial charge in [-0.2, -0.15) is 0 Å². The van der Waals surface area contributed by atoms with Crippen molar-refractivity contribution in [1.29, 1.82) is 0 Å². The van der Waals surface area contributed by atoms with Gasteiger partial charge in [0.1, 0.15) is 11.4 Å². The summed E-state index contributed by atoms with van der Waals surface area (Å²) in [5.41, 5.74) is 1.01. The molecule has 6 heteroatoms. The lowest BCUT2D eigenvalue weighted by Gasteiger charge is -2.15. The fraction of sp³-hybridized carbons (Fsp3) is 0.538. The van der Waals surface area contributed by atoms with E-state index in [-0.39, 0.29) is 22.6 Å². The number of nitro benzene ring substituents is 1. The third kappa shape index (κ3) is 2.96. The van der Waals surface area contributed by atoms with E-state index in [0.717, 1.165) is 12.8 Å². The van der Waals surface area contributed by atoms with E-state index in [1.54, 1.807) is 18.2 Å². The zero-order valence-corrected chi connectivity index (χ0v) is 11.0. The van der Waals surface area contributed by atoms with E-state index < -0.39 is 0 Å². The highest BCUT2D eigenvalue weighted by Crippen LogP contribution is 2.45. The third-order valence-electron chi connectivity index (χ3n) is 3.53. The second-order valence-electron chi connectivity index (χ2n) is 5.00. The molecule has 6 nitrogen and oxygen atoms in total. The lowest BCUT2D eigenvalue weighted by Crippen LogP contribution is -2.19. The molecular weight excluding hydrogens is 246 g/mol. The number of rotatable bonds is 7. The summed E-state index contributed by atoms with van der Waals surface area (Å²) in [5, 5.41) is 26.6. The minimum absolute atomic E-state index is 0.0677. The molecule has 1 aliphatic rings. The van der Waals surface area contributed by atoms with Crippen LogP contribution >= 0.6 is 0 Å². The van der Waals surface area contributed by atoms with Gasteiger partial charge in [0.15, 0.2) is 0 Å². The van der Waals surface area contributed by atoms with E-state index in [4.69, 9.17) is 0 Å². The van der Waals surface area contributed by atoms with E-state index in [9.17, 15) is 15.2 Å². The Morgan fingerprint density at radius 1 is 1.37 bits per heavy atom. The van der Waals surface area contributed by atoms with Gasteiger partial charge >= 0.3 is 5.69 Å². The molecule has 2 rings (SSSR count). The summed E-state index contributed by atoms with van der Waals surface area (Å²) in [4.78, 5) is 10.8. The molecule has 0 saturated heterocycles. The van der Waals surface area contributed by atoms with Crippen molar-refractivity contribution in [2.45, 2.75) is 19.8 Å². The molecule has 0 unspecified atom stereocenters. The Morgan fingerprint density at radius 2 is 2.00 bits per heavy atom. The SMILES string of the molecule is CCNc1cccc(NCC2(CO)CC2)c1[N+](=O)[O-]. The van der Waals surface area contributed by atoms with Gasteiger partial charge in [-0.15, -0.1) is 0 Å². The highest BCUT2D eigenvalue weighted by molar-refractivity contribution is 5.76. The monoisotopic (exact) mass is 265 g/mol. The van der Waals surface area contributed by atoms with Crippen molar-refractivity contribution in [3.8, 4) is 0 Å². The smallest absolute Gasteiger partial charge is 0.315 e. The molecule has 1 aromatic carbocycles. The fourth-order valence-corrected chi connectivity index (χ4v) is 2.07. The van der Waals surface area contributed by atoms with Crippen LogP contribution in [-0.4, -0.2) is 29.7 Å². The van der Waals surface area contributed by atoms with Crippen LogP contribution in [0.4, 0.5) is 17.1 Å². The van der Waals surface area contributed by atoms with Crippen LogP contribution in [0.5, 0.6) is 0 Å². The second kappa shape index (κ2) is 5.44. The molecule has 0 amide bonds. The topological polar surface area (TPSA) is 87.4 Å². The van der Waals surface area contributed by atoms with Gasteiger partial charge in [0, 0.05) is 18.5 Å². The van der Waals surface area contributed by atoms with Gasteiger partial charge in [0.25, 0.3) is 0 Å². The van der Waals surface area contributed by atoms with E-state index in [1.165, 1.54) is 0 Å². The molecule has 104 valence electrons. The molecular formula is C13H19N3O3. The van der Waals surface area contributed by atoms with Crippen molar-refractivity contribution >= 4 is 17.1 Å². The van der Waals surface area contributed by atoms with Crippen LogP contribution in [0.15, 0.2) is 18.2 Å². The largest absolute Gasteiger partial charge is 0.396 e. The minimum atomic E-state index is -0.376. The molecule has 1 aromatic rings. The number of hydrogen-bond acceptors (Lipinski definition) is 5. The molecule has 3 N–H and O–H groups in total. The van der Waals surface area contributed by atoms with Gasteiger partial charge in [-0.25, -0.2) is 0 Å². The minimum Gasteiger partial charge on any atom is -0.396 e. The number of anilines is 2. The molecule has 19 heavy (non-hydrogen) atoms. The Morgan fingerprint density at radius 3 is 2.47 bits per heavy atom. The van der Waals surface area contributed by atoms with Gasteiger partial charge in [-0.1, -0.05) is 6.07 Å². The molecule has 0 aromatic heterocycles. The van der Waals surface area contributed by atoms with Gasteiger partial charge in [-0.3, -0.25) is 10.1 Å². The Balaban J connectivity index is 2.19. The standard InChI is InChI=1S/C13H19N3O3/c1-2-14-10-4-3-5-11(12(10)16(18)19)15-8-13(9-17)6-7-13/h3-5,14-15,17H,2,6-9H2,1H3. The maximum absolute atomic E-state index is 11.2. The molecule has 1 fully saturated rings. The van der Waals surface area contributed by atoms with Gasteiger partial charge in [0.05, 0.1) is 11.5 Å². The first kappa shape index (κ1) is 13.6. The van der Waals surface area contributed by atoms with E-state index >= 15 is 0 Å². The maximum atomic E-state index is 11.2. The van der Waals surface area contributed by atoms with Crippen molar-refractivity contribution in [1.82, 2.24) is 0 Å². The van der Waals surface area contributed by atoms with Crippen molar-refractivity contribution in [2.75, 3.05) is 30.3 Å². The fourth-order valence-electron chi connectivity index (χ4n) is 2.07. The highest BCUT2D eigenvalue weighted by atomic mass is 16.6. The maximum Gasteiger partial charge on any atom is 0.315 e. The lowest BCUT2D eigenvalue weighted by atomic mass is 10.1. The van der Waals surface area contributed by atoms with Crippen molar-refractivity contribution in [2.24, 2.45) is 5.41 Å². The summed E-state index contributed by atoms with van der Waals surface area (Å²) in [7, 11) is 0. The number of nitrogens with zero attached hydrogens (tertiary/aromatic N) is 1. The molecule has 0 spiro atoms. The Bertz CT molecular complexity index is 472. The van der Waals surface area contributed by atoms with Crippen LogP contribution < -0.4 is 10.6 Å². The summed E-state index contributed by atoms with van der Waals surface area (Å²) in [6.45, 7) is 3.22. The van der Waals surface area contributed by atoms with Crippen LogP contribution in [0.1, 0.15) is 19.8 Å². The van der Waals surface area contributed by atoms with Crippen molar-refractivity contribution in [3.63, 3.8) is 0 Å². The van der Waals surface area contributed by atoms with Gasteiger partial charge in [0.2, 0.25) is 0 Å². The number of para-hydroxylation sites is 1. The normalized spacial score (nSPS) is 15.9. The molecule has 1 aliphatic carbocycles. The Labute approximate surface area is 112 Å². The number of nitrogens with one attached hydrogen (secondary N) is 2. The predicted molar refractivity (Wildman–Crippen MR) is 74.5 cm³/mol. The first-order chi connectivity index (χ1) is 9.12. The predicted octanol–water partition coefficient (Wildman–Crippen LogP) is 2.21. The van der Waals surface area contributed by atoms with Crippen LogP contribution in [0.3, 0.4) is 0 Å². The number of hydrogen-bond donors (Lipinski definition) is 3. The quantitative estimate of drug-likeness (QED) is 0.519. The number of benzene rings is 1. The first-order valence-electron chi connectivity index (χ1n) is 6.48. The molecule has 0 atom stereocenters. The van der Waals surface area contributed by atoms with Gasteiger partial charge < -0.3 is 15.7 Å². The summed E-state index contributed by atoms with van der Waals surface area (Å²) < 4.78 is 0. The average molecular weight is 265 g/mol. The summed E-state index contributed by atoms with van der Waals surface area (Å²) in [5.74, 6) is 0. The zero-order chi connectivity index (χ0) is 13.9. The molecule has 0 bridgehead atoms. The Kier molecular flexibility index (Phi) is 3.90. The summed E-state index contributed by atoms with van der Waals surface area (Å²) in [6, 6.07) is 5.18. The lowest BCUT2D eigenvalue weighted by molar-refractivity contribution is -0.383. The van der Waals surface area contributed by atoms with Crippen LogP contribution in [-0.2, 0) is 0 Å². The van der Waals surface area contributed by atoms with Gasteiger partial charge in [-0.05, 0) is 31.9 Å². The second-order valence-corrected chi connectivity index (χ2v) is 5.00. The number of aliphatic hydroxyl groups is 1. The Hall–Kier alpha value is -1.82. The highest BCUT2D eigenvalue weighted by Gasteiger charge is 2.42. The summed E-state index contributed by atoms with van der Waals surface area (Å²) in [6.07, 6.45) is 1.94. The average Bonchev–Trinajstić information content (AvgIpc) is 3.17. The molecule has 0 heterocycles. The van der Waals surface area contributed by atoms with Crippen molar-refractivity contribution < 1.29 is 10.0 Å². The number of aliphatic hydroxyl groups excluding tert-OH is 1. The molecule has 0 radical (unpaired) electrons. The van der Waals surface area contributed by atoms with Crippen LogP contribution in [0, 0.1) is 15.5 Å². The van der Waals surface area contributed by atoms with E-state index in [2.05, 4.69) is 10.6 Å².